The maximum Gasteiger partial charge on any atom is 0.228 e. The summed E-state index contributed by atoms with van der Waals surface area (Å²) < 4.78 is 25.7. The van der Waals surface area contributed by atoms with Crippen molar-refractivity contribution in [1.82, 2.24) is 0 Å². The molecule has 2 aliphatic heterocycles. The molecule has 4 rings (SSSR count). The van der Waals surface area contributed by atoms with Gasteiger partial charge >= 0.3 is 0 Å². The summed E-state index contributed by atoms with van der Waals surface area (Å²) in [7, 11) is -3.59. The fraction of sp³-hybridized carbons (Fsp3) is 0.364. The lowest BCUT2D eigenvalue weighted by Gasteiger charge is -2.22. The maximum atomic E-state index is 12.8. The third-order valence-corrected chi connectivity index (χ3v) is 7.46. The van der Waals surface area contributed by atoms with E-state index >= 15 is 0 Å². The molecule has 0 saturated heterocycles. The standard InChI is InChI=1S/C22H24N2O4S/c1-15-13-17-5-3-4-6-21(17)24(15)22(26)10-12-29(27,28)19-7-8-20-18(14-19)9-11-23(20)16(2)25/h3-8,14-15H,9-13H2,1-2H3. The molecule has 152 valence electrons. The van der Waals surface area contributed by atoms with E-state index in [0.717, 1.165) is 28.9 Å². The van der Waals surface area contributed by atoms with Crippen LogP contribution in [-0.2, 0) is 32.3 Å². The van der Waals surface area contributed by atoms with Crippen molar-refractivity contribution < 1.29 is 18.0 Å². The minimum Gasteiger partial charge on any atom is -0.312 e. The number of amides is 2. The van der Waals surface area contributed by atoms with Crippen molar-refractivity contribution in [2.75, 3.05) is 22.1 Å². The highest BCUT2D eigenvalue weighted by molar-refractivity contribution is 7.91. The van der Waals surface area contributed by atoms with Gasteiger partial charge in [-0.2, -0.15) is 0 Å². The van der Waals surface area contributed by atoms with Crippen molar-refractivity contribution >= 4 is 33.0 Å². The molecule has 1 unspecified atom stereocenters. The molecule has 0 radical (unpaired) electrons. The van der Waals surface area contributed by atoms with E-state index in [0.29, 0.717) is 13.0 Å². The molecule has 7 heteroatoms. The van der Waals surface area contributed by atoms with Gasteiger partial charge in [0.05, 0.1) is 10.6 Å². The van der Waals surface area contributed by atoms with Crippen LogP contribution in [0.1, 0.15) is 31.4 Å². The molecule has 1 atom stereocenters. The van der Waals surface area contributed by atoms with E-state index in [9.17, 15) is 18.0 Å². The summed E-state index contributed by atoms with van der Waals surface area (Å²) in [6.07, 6.45) is 1.36. The van der Waals surface area contributed by atoms with Crippen molar-refractivity contribution in [2.45, 2.75) is 44.0 Å². The van der Waals surface area contributed by atoms with Crippen LogP contribution in [0.5, 0.6) is 0 Å². The average molecular weight is 413 g/mol. The quantitative estimate of drug-likeness (QED) is 0.774. The highest BCUT2D eigenvalue weighted by atomic mass is 32.2. The molecule has 0 aromatic heterocycles. The van der Waals surface area contributed by atoms with Crippen LogP contribution in [0.25, 0.3) is 0 Å². The Labute approximate surface area is 171 Å². The van der Waals surface area contributed by atoms with Gasteiger partial charge in [-0.05, 0) is 55.2 Å². The van der Waals surface area contributed by atoms with Crippen molar-refractivity contribution in [1.29, 1.82) is 0 Å². The predicted molar refractivity (Wildman–Crippen MR) is 112 cm³/mol. The minimum absolute atomic E-state index is 0.0279. The van der Waals surface area contributed by atoms with Gasteiger partial charge in [-0.25, -0.2) is 8.42 Å². The number of benzene rings is 2. The van der Waals surface area contributed by atoms with Gasteiger partial charge in [0, 0.05) is 37.3 Å². The summed E-state index contributed by atoms with van der Waals surface area (Å²) in [6.45, 7) is 4.05. The van der Waals surface area contributed by atoms with Crippen molar-refractivity contribution in [3.05, 3.63) is 53.6 Å². The number of hydrogen-bond acceptors (Lipinski definition) is 4. The Morgan fingerprint density at radius 2 is 1.83 bits per heavy atom. The van der Waals surface area contributed by atoms with Crippen molar-refractivity contribution in [3.63, 3.8) is 0 Å². The molecule has 6 nitrogen and oxygen atoms in total. The van der Waals surface area contributed by atoms with Crippen LogP contribution in [0.2, 0.25) is 0 Å². The van der Waals surface area contributed by atoms with E-state index in [-0.39, 0.29) is 34.9 Å². The topological polar surface area (TPSA) is 74.8 Å². The van der Waals surface area contributed by atoms with E-state index in [1.54, 1.807) is 21.9 Å². The van der Waals surface area contributed by atoms with Gasteiger partial charge in [0.25, 0.3) is 0 Å². The number of carbonyl (C=O) groups excluding carboxylic acids is 2. The maximum absolute atomic E-state index is 12.8. The number of sulfone groups is 1. The highest BCUT2D eigenvalue weighted by Gasteiger charge is 2.31. The Morgan fingerprint density at radius 1 is 1.07 bits per heavy atom. The van der Waals surface area contributed by atoms with Gasteiger partial charge in [0.1, 0.15) is 0 Å². The lowest BCUT2D eigenvalue weighted by Crippen LogP contribution is -2.36. The first kappa shape index (κ1) is 19.6. The fourth-order valence-electron chi connectivity index (χ4n) is 4.30. The summed E-state index contributed by atoms with van der Waals surface area (Å²) in [5.74, 6) is -0.452. The summed E-state index contributed by atoms with van der Waals surface area (Å²) in [5.41, 5.74) is 3.62. The average Bonchev–Trinajstić information content (AvgIpc) is 3.25. The summed E-state index contributed by atoms with van der Waals surface area (Å²) in [5, 5.41) is 0. The number of fused-ring (bicyclic) bond motifs is 2. The molecule has 2 amide bonds. The number of para-hydroxylation sites is 1. The number of carbonyl (C=O) groups is 2. The molecule has 2 aliphatic rings. The molecule has 0 fully saturated rings. The largest absolute Gasteiger partial charge is 0.312 e. The first-order valence-electron chi connectivity index (χ1n) is 9.81. The first-order chi connectivity index (χ1) is 13.8. The number of hydrogen-bond donors (Lipinski definition) is 0. The number of rotatable bonds is 4. The second-order valence-electron chi connectivity index (χ2n) is 7.73. The predicted octanol–water partition coefficient (Wildman–Crippen LogP) is 2.74. The second-order valence-corrected chi connectivity index (χ2v) is 9.83. The molecule has 29 heavy (non-hydrogen) atoms. The Balaban J connectivity index is 1.49. The summed E-state index contributed by atoms with van der Waals surface area (Å²) >= 11 is 0. The SMILES string of the molecule is CC(=O)N1CCc2cc(S(=O)(=O)CCC(=O)N3c4ccccc4CC3C)ccc21. The molecule has 2 aromatic carbocycles. The number of nitrogens with zero attached hydrogens (tertiary/aromatic N) is 2. The van der Waals surface area contributed by atoms with Gasteiger partial charge in [0.15, 0.2) is 9.84 Å². The zero-order chi connectivity index (χ0) is 20.8. The zero-order valence-corrected chi connectivity index (χ0v) is 17.4. The summed E-state index contributed by atoms with van der Waals surface area (Å²) in [6, 6.07) is 12.7. The van der Waals surface area contributed by atoms with Gasteiger partial charge < -0.3 is 9.80 Å². The van der Waals surface area contributed by atoms with E-state index in [1.807, 2.05) is 31.2 Å². The molecule has 0 bridgehead atoms. The molecule has 0 saturated carbocycles. The van der Waals surface area contributed by atoms with Crippen LogP contribution >= 0.6 is 0 Å². The van der Waals surface area contributed by atoms with Crippen molar-refractivity contribution in [2.24, 2.45) is 0 Å². The lowest BCUT2D eigenvalue weighted by atomic mass is 10.1. The monoisotopic (exact) mass is 412 g/mol. The van der Waals surface area contributed by atoms with Crippen LogP contribution in [0.15, 0.2) is 47.4 Å². The van der Waals surface area contributed by atoms with Crippen LogP contribution in [0.3, 0.4) is 0 Å². The van der Waals surface area contributed by atoms with Crippen LogP contribution < -0.4 is 9.80 Å². The fourth-order valence-corrected chi connectivity index (χ4v) is 5.58. The molecule has 2 heterocycles. The van der Waals surface area contributed by atoms with Gasteiger partial charge in [-0.1, -0.05) is 18.2 Å². The Bertz CT molecular complexity index is 1090. The van der Waals surface area contributed by atoms with Crippen LogP contribution in [0, 0.1) is 0 Å². The van der Waals surface area contributed by atoms with Crippen molar-refractivity contribution in [3.8, 4) is 0 Å². The Hall–Kier alpha value is -2.67. The summed E-state index contributed by atoms with van der Waals surface area (Å²) in [4.78, 5) is 28.1. The Morgan fingerprint density at radius 3 is 2.59 bits per heavy atom. The normalized spacial score (nSPS) is 17.9. The van der Waals surface area contributed by atoms with Gasteiger partial charge in [-0.15, -0.1) is 0 Å². The van der Waals surface area contributed by atoms with E-state index < -0.39 is 9.84 Å². The molecular weight excluding hydrogens is 388 g/mol. The van der Waals surface area contributed by atoms with Crippen LogP contribution in [0.4, 0.5) is 11.4 Å². The molecular formula is C22H24N2O4S. The van der Waals surface area contributed by atoms with Gasteiger partial charge in [0.2, 0.25) is 11.8 Å². The molecule has 0 spiro atoms. The molecule has 0 aliphatic carbocycles. The third kappa shape index (κ3) is 3.55. The first-order valence-corrected chi connectivity index (χ1v) is 11.5. The zero-order valence-electron chi connectivity index (χ0n) is 16.6. The second kappa shape index (κ2) is 7.30. The molecule has 2 aromatic rings. The van der Waals surface area contributed by atoms with E-state index in [1.165, 1.54) is 13.0 Å². The Kier molecular flexibility index (Phi) is 4.94. The lowest BCUT2D eigenvalue weighted by molar-refractivity contribution is -0.118. The van der Waals surface area contributed by atoms with Gasteiger partial charge in [-0.3, -0.25) is 9.59 Å². The molecule has 0 N–H and O–H groups in total. The van der Waals surface area contributed by atoms with E-state index in [4.69, 9.17) is 0 Å². The van der Waals surface area contributed by atoms with Crippen LogP contribution in [-0.4, -0.2) is 38.6 Å². The smallest absolute Gasteiger partial charge is 0.228 e. The third-order valence-electron chi connectivity index (χ3n) is 5.75. The minimum atomic E-state index is -3.59. The van der Waals surface area contributed by atoms with E-state index in [2.05, 4.69) is 0 Å². The number of anilines is 2. The highest BCUT2D eigenvalue weighted by Crippen LogP contribution is 2.33.